The standard InChI is InChI=1S/C17H21N3S/c1-3-6-13-8-5-9-15-16(20-13)14(7-4-2)17(21-15)12-10-18-19-11-12/h5,9-11H,3-4,6-8H2,1-2H3,(H,18,19). The summed E-state index contributed by atoms with van der Waals surface area (Å²) in [5.41, 5.74) is 5.08. The van der Waals surface area contributed by atoms with Gasteiger partial charge in [-0.05, 0) is 24.5 Å². The fourth-order valence-electron chi connectivity index (χ4n) is 2.75. The van der Waals surface area contributed by atoms with Gasteiger partial charge in [0, 0.05) is 28.8 Å². The van der Waals surface area contributed by atoms with Gasteiger partial charge in [-0.25, -0.2) is 0 Å². The van der Waals surface area contributed by atoms with Gasteiger partial charge in [0.05, 0.1) is 16.8 Å². The van der Waals surface area contributed by atoms with Crippen LogP contribution in [0.15, 0.2) is 23.5 Å². The highest BCUT2D eigenvalue weighted by Crippen LogP contribution is 2.44. The number of hydrogen-bond acceptors (Lipinski definition) is 3. The van der Waals surface area contributed by atoms with Crippen molar-refractivity contribution in [1.82, 2.24) is 10.2 Å². The minimum Gasteiger partial charge on any atom is -0.285 e. The molecule has 0 saturated heterocycles. The molecule has 21 heavy (non-hydrogen) atoms. The first-order chi connectivity index (χ1) is 10.3. The molecule has 0 amide bonds. The summed E-state index contributed by atoms with van der Waals surface area (Å²) in [6, 6.07) is 0. The highest BCUT2D eigenvalue weighted by atomic mass is 32.1. The Bertz CT molecular complexity index is 663. The fourth-order valence-corrected chi connectivity index (χ4v) is 3.96. The Hall–Kier alpha value is -1.68. The number of aromatic nitrogens is 2. The number of nitrogens with one attached hydrogen (secondary N) is 1. The van der Waals surface area contributed by atoms with Crippen molar-refractivity contribution in [3.63, 3.8) is 0 Å². The Balaban J connectivity index is 2.12. The molecule has 0 radical (unpaired) electrons. The maximum atomic E-state index is 5.01. The molecule has 0 aromatic carbocycles. The molecule has 4 heteroatoms. The van der Waals surface area contributed by atoms with E-state index in [0.29, 0.717) is 0 Å². The molecule has 0 atom stereocenters. The van der Waals surface area contributed by atoms with Crippen molar-refractivity contribution in [2.24, 2.45) is 4.99 Å². The molecule has 1 N–H and O–H groups in total. The molecule has 3 nitrogen and oxygen atoms in total. The molecule has 0 unspecified atom stereocenters. The van der Waals surface area contributed by atoms with Crippen LogP contribution < -0.4 is 0 Å². The zero-order chi connectivity index (χ0) is 14.7. The normalized spacial score (nSPS) is 13.9. The highest BCUT2D eigenvalue weighted by Gasteiger charge is 2.19. The summed E-state index contributed by atoms with van der Waals surface area (Å²) in [4.78, 5) is 7.63. The molecule has 0 spiro atoms. The summed E-state index contributed by atoms with van der Waals surface area (Å²) in [5.74, 6) is 0. The van der Waals surface area contributed by atoms with E-state index in [1.54, 1.807) is 0 Å². The van der Waals surface area contributed by atoms with E-state index in [0.717, 1.165) is 32.1 Å². The molecule has 2 aromatic rings. The van der Waals surface area contributed by atoms with Crippen LogP contribution >= 0.6 is 11.3 Å². The number of nitrogens with zero attached hydrogens (tertiary/aromatic N) is 2. The monoisotopic (exact) mass is 299 g/mol. The summed E-state index contributed by atoms with van der Waals surface area (Å²) in [6.07, 6.45) is 13.8. The zero-order valence-corrected chi connectivity index (χ0v) is 13.5. The third kappa shape index (κ3) is 2.86. The van der Waals surface area contributed by atoms with Gasteiger partial charge in [0.25, 0.3) is 0 Å². The van der Waals surface area contributed by atoms with Crippen molar-refractivity contribution >= 4 is 28.8 Å². The van der Waals surface area contributed by atoms with Crippen LogP contribution in [0.25, 0.3) is 16.5 Å². The average molecular weight is 299 g/mol. The first-order valence-electron chi connectivity index (χ1n) is 7.71. The number of aliphatic imine (C=N–C) groups is 1. The van der Waals surface area contributed by atoms with Crippen LogP contribution in [0, 0.1) is 0 Å². The second-order valence-electron chi connectivity index (χ2n) is 5.39. The van der Waals surface area contributed by atoms with Gasteiger partial charge in [-0.1, -0.05) is 32.8 Å². The number of rotatable bonds is 5. The van der Waals surface area contributed by atoms with E-state index in [2.05, 4.69) is 36.2 Å². The van der Waals surface area contributed by atoms with Crippen LogP contribution in [-0.2, 0) is 6.42 Å². The van der Waals surface area contributed by atoms with Gasteiger partial charge in [-0.15, -0.1) is 11.3 Å². The third-order valence-electron chi connectivity index (χ3n) is 3.70. The van der Waals surface area contributed by atoms with E-state index in [-0.39, 0.29) is 0 Å². The van der Waals surface area contributed by atoms with E-state index in [1.807, 2.05) is 23.7 Å². The van der Waals surface area contributed by atoms with E-state index in [9.17, 15) is 0 Å². The summed E-state index contributed by atoms with van der Waals surface area (Å²) in [5, 5.41) is 7.02. The molecular weight excluding hydrogens is 278 g/mol. The van der Waals surface area contributed by atoms with Gasteiger partial charge in [-0.2, -0.15) is 5.10 Å². The Kier molecular flexibility index (Phi) is 4.34. The Labute approximate surface area is 129 Å². The minimum atomic E-state index is 0.988. The molecule has 0 aliphatic carbocycles. The molecule has 0 fully saturated rings. The molecule has 3 rings (SSSR count). The van der Waals surface area contributed by atoms with Crippen LogP contribution in [0.3, 0.4) is 0 Å². The van der Waals surface area contributed by atoms with Crippen LogP contribution in [0.1, 0.15) is 50.0 Å². The predicted octanol–water partition coefficient (Wildman–Crippen LogP) is 5.38. The zero-order valence-electron chi connectivity index (χ0n) is 12.6. The molecule has 1 aliphatic heterocycles. The van der Waals surface area contributed by atoms with Crippen LogP contribution in [0.5, 0.6) is 0 Å². The lowest BCUT2D eigenvalue weighted by Gasteiger charge is -2.05. The lowest BCUT2D eigenvalue weighted by molar-refractivity contribution is 0.926. The smallest absolute Gasteiger partial charge is 0.0847 e. The number of thiophene rings is 1. The van der Waals surface area contributed by atoms with Gasteiger partial charge in [0.1, 0.15) is 0 Å². The lowest BCUT2D eigenvalue weighted by Crippen LogP contribution is -1.95. The van der Waals surface area contributed by atoms with Crippen LogP contribution in [-0.4, -0.2) is 15.9 Å². The van der Waals surface area contributed by atoms with Gasteiger partial charge in [0.2, 0.25) is 0 Å². The van der Waals surface area contributed by atoms with Crippen molar-refractivity contribution < 1.29 is 0 Å². The molecule has 1 aliphatic rings. The Morgan fingerprint density at radius 2 is 2.10 bits per heavy atom. The number of allylic oxidation sites excluding steroid dienone is 1. The van der Waals surface area contributed by atoms with E-state index in [1.165, 1.54) is 32.3 Å². The van der Waals surface area contributed by atoms with Gasteiger partial charge in [-0.3, -0.25) is 10.1 Å². The first kappa shape index (κ1) is 14.3. The summed E-state index contributed by atoms with van der Waals surface area (Å²) < 4.78 is 0. The molecule has 2 aromatic heterocycles. The quantitative estimate of drug-likeness (QED) is 0.791. The van der Waals surface area contributed by atoms with Crippen LogP contribution in [0.4, 0.5) is 5.69 Å². The van der Waals surface area contributed by atoms with Crippen molar-refractivity contribution in [3.05, 3.63) is 28.9 Å². The third-order valence-corrected chi connectivity index (χ3v) is 4.93. The molecule has 3 heterocycles. The van der Waals surface area contributed by atoms with Gasteiger partial charge < -0.3 is 0 Å². The van der Waals surface area contributed by atoms with Crippen LogP contribution in [0.2, 0.25) is 0 Å². The fraction of sp³-hybridized carbons (Fsp3) is 0.412. The number of aromatic amines is 1. The van der Waals surface area contributed by atoms with E-state index >= 15 is 0 Å². The highest BCUT2D eigenvalue weighted by molar-refractivity contribution is 7.17. The molecular formula is C17H21N3S. The largest absolute Gasteiger partial charge is 0.285 e. The van der Waals surface area contributed by atoms with E-state index in [4.69, 9.17) is 4.99 Å². The Morgan fingerprint density at radius 3 is 2.81 bits per heavy atom. The first-order valence-corrected chi connectivity index (χ1v) is 8.52. The van der Waals surface area contributed by atoms with E-state index < -0.39 is 0 Å². The number of fused-ring (bicyclic) bond motifs is 1. The number of hydrogen-bond donors (Lipinski definition) is 1. The van der Waals surface area contributed by atoms with Gasteiger partial charge >= 0.3 is 0 Å². The Morgan fingerprint density at radius 1 is 1.24 bits per heavy atom. The minimum absolute atomic E-state index is 0.988. The molecule has 0 saturated carbocycles. The van der Waals surface area contributed by atoms with Crippen molar-refractivity contribution in [3.8, 4) is 10.4 Å². The summed E-state index contributed by atoms with van der Waals surface area (Å²) >= 11 is 1.84. The maximum Gasteiger partial charge on any atom is 0.0847 e. The maximum absolute atomic E-state index is 5.01. The van der Waals surface area contributed by atoms with Crippen molar-refractivity contribution in [1.29, 1.82) is 0 Å². The van der Waals surface area contributed by atoms with Crippen molar-refractivity contribution in [2.75, 3.05) is 0 Å². The molecule has 110 valence electrons. The number of H-pyrrole nitrogens is 1. The SMILES string of the molecule is CCCC1=Nc2c(sc(-c3cn[nH]c3)c2CCC)C=CC1. The van der Waals surface area contributed by atoms with Crippen molar-refractivity contribution in [2.45, 2.75) is 46.0 Å². The second kappa shape index (κ2) is 6.39. The van der Waals surface area contributed by atoms with Gasteiger partial charge in [0.15, 0.2) is 0 Å². The lowest BCUT2D eigenvalue weighted by atomic mass is 10.1. The second-order valence-corrected chi connectivity index (χ2v) is 6.45. The topological polar surface area (TPSA) is 41.0 Å². The summed E-state index contributed by atoms with van der Waals surface area (Å²) in [7, 11) is 0. The predicted molar refractivity (Wildman–Crippen MR) is 91.5 cm³/mol. The molecule has 0 bridgehead atoms. The average Bonchev–Trinajstić information content (AvgIpc) is 3.06. The summed E-state index contributed by atoms with van der Waals surface area (Å²) in [6.45, 7) is 4.45.